The first-order valence-electron chi connectivity index (χ1n) is 10.1. The van der Waals surface area contributed by atoms with Crippen LogP contribution in [0, 0.1) is 40.9 Å². The Labute approximate surface area is 179 Å². The van der Waals surface area contributed by atoms with E-state index >= 15 is 0 Å². The van der Waals surface area contributed by atoms with Crippen molar-refractivity contribution in [3.05, 3.63) is 64.5 Å². The molecule has 3 nitrogen and oxygen atoms in total. The number of ether oxygens (including phenoxy) is 3. The summed E-state index contributed by atoms with van der Waals surface area (Å²) in [5.74, 6) is -9.35. The Hall–Kier alpha value is -2.33. The molecule has 0 amide bonds. The molecule has 1 saturated heterocycles. The largest absolute Gasteiger partial charge is 0.432 e. The summed E-state index contributed by atoms with van der Waals surface area (Å²) in [4.78, 5) is 0. The molecule has 1 saturated carbocycles. The lowest BCUT2D eigenvalue weighted by atomic mass is 9.91. The van der Waals surface area contributed by atoms with Gasteiger partial charge in [0, 0.05) is 23.6 Å². The predicted molar refractivity (Wildman–Crippen MR) is 97.3 cm³/mol. The number of benzene rings is 2. The minimum absolute atomic E-state index is 0.136. The fourth-order valence-electron chi connectivity index (χ4n) is 4.21. The van der Waals surface area contributed by atoms with E-state index < -0.39 is 52.8 Å². The minimum atomic E-state index is -4.65. The molecular formula is C22H19F7O3. The molecule has 2 fully saturated rings. The lowest BCUT2D eigenvalue weighted by Crippen LogP contribution is -2.32. The maximum absolute atomic E-state index is 14.5. The maximum atomic E-state index is 14.5. The van der Waals surface area contributed by atoms with Gasteiger partial charge in [0.15, 0.2) is 23.7 Å². The van der Waals surface area contributed by atoms with Gasteiger partial charge in [-0.05, 0) is 18.1 Å². The van der Waals surface area contributed by atoms with E-state index in [1.165, 1.54) is 0 Å². The van der Waals surface area contributed by atoms with Crippen molar-refractivity contribution < 1.29 is 44.9 Å². The van der Waals surface area contributed by atoms with E-state index in [9.17, 15) is 30.7 Å². The van der Waals surface area contributed by atoms with Crippen molar-refractivity contribution in [3.63, 3.8) is 0 Å². The summed E-state index contributed by atoms with van der Waals surface area (Å²) < 4.78 is 113. The molecule has 10 heteroatoms. The van der Waals surface area contributed by atoms with Gasteiger partial charge in [-0.2, -0.15) is 8.78 Å². The quantitative estimate of drug-likeness (QED) is 0.381. The Morgan fingerprint density at radius 1 is 0.750 bits per heavy atom. The molecule has 2 aromatic carbocycles. The molecule has 1 aliphatic heterocycles. The van der Waals surface area contributed by atoms with Crippen molar-refractivity contribution in [1.29, 1.82) is 0 Å². The van der Waals surface area contributed by atoms with Gasteiger partial charge in [-0.15, -0.1) is 0 Å². The summed E-state index contributed by atoms with van der Waals surface area (Å²) in [5, 5.41) is 0. The molecular weight excluding hydrogens is 445 g/mol. The monoisotopic (exact) mass is 464 g/mol. The van der Waals surface area contributed by atoms with Crippen molar-refractivity contribution in [2.45, 2.75) is 38.1 Å². The number of alkyl halides is 2. The first kappa shape index (κ1) is 22.8. The Morgan fingerprint density at radius 3 is 1.81 bits per heavy atom. The van der Waals surface area contributed by atoms with Gasteiger partial charge in [-0.1, -0.05) is 25.7 Å². The zero-order valence-corrected chi connectivity index (χ0v) is 16.7. The summed E-state index contributed by atoms with van der Waals surface area (Å²) in [7, 11) is 0. The molecule has 2 aliphatic rings. The van der Waals surface area contributed by atoms with Gasteiger partial charge >= 0.3 is 6.11 Å². The van der Waals surface area contributed by atoms with Crippen molar-refractivity contribution in [1.82, 2.24) is 0 Å². The molecule has 0 bridgehead atoms. The van der Waals surface area contributed by atoms with E-state index in [1.54, 1.807) is 0 Å². The number of hydrogen-bond donors (Lipinski definition) is 0. The van der Waals surface area contributed by atoms with Gasteiger partial charge in [0.2, 0.25) is 0 Å². The van der Waals surface area contributed by atoms with Crippen LogP contribution < -0.4 is 4.74 Å². The second kappa shape index (κ2) is 8.90. The first-order chi connectivity index (χ1) is 15.2. The number of rotatable bonds is 5. The van der Waals surface area contributed by atoms with Crippen LogP contribution in [-0.4, -0.2) is 13.2 Å². The molecule has 32 heavy (non-hydrogen) atoms. The van der Waals surface area contributed by atoms with Crippen LogP contribution >= 0.6 is 0 Å². The zero-order valence-electron chi connectivity index (χ0n) is 16.7. The third kappa shape index (κ3) is 4.56. The molecule has 2 aromatic rings. The maximum Gasteiger partial charge on any atom is 0.432 e. The smallest absolute Gasteiger partial charge is 0.429 e. The van der Waals surface area contributed by atoms with E-state index in [0.717, 1.165) is 25.7 Å². The van der Waals surface area contributed by atoms with Crippen LogP contribution in [-0.2, 0) is 15.6 Å². The number of halogens is 7. The second-order valence-electron chi connectivity index (χ2n) is 7.98. The SMILES string of the molecule is Fc1cc(OC(F)(F)c2c(F)cc(C3OCC(C4CCCC4)CO3)cc2F)cc(F)c1F. The summed E-state index contributed by atoms with van der Waals surface area (Å²) in [6.07, 6.45) is -1.37. The molecule has 0 N–H and O–H groups in total. The highest BCUT2D eigenvalue weighted by Gasteiger charge is 2.42. The van der Waals surface area contributed by atoms with Gasteiger partial charge < -0.3 is 14.2 Å². The van der Waals surface area contributed by atoms with Gasteiger partial charge in [0.25, 0.3) is 0 Å². The molecule has 1 aliphatic carbocycles. The highest BCUT2D eigenvalue weighted by molar-refractivity contribution is 5.32. The topological polar surface area (TPSA) is 27.7 Å². The van der Waals surface area contributed by atoms with E-state index in [0.29, 0.717) is 31.3 Å². The molecule has 0 spiro atoms. The van der Waals surface area contributed by atoms with Crippen LogP contribution in [0.4, 0.5) is 30.7 Å². The van der Waals surface area contributed by atoms with Gasteiger partial charge in [0.05, 0.1) is 13.2 Å². The van der Waals surface area contributed by atoms with E-state index in [4.69, 9.17) is 9.47 Å². The third-order valence-corrected chi connectivity index (χ3v) is 5.82. The average molecular weight is 464 g/mol. The molecule has 0 aromatic heterocycles. The molecule has 0 atom stereocenters. The van der Waals surface area contributed by atoms with Crippen molar-refractivity contribution in [3.8, 4) is 5.75 Å². The standard InChI is InChI=1S/C22H19F7O3/c23-15-5-12(21-30-9-13(10-31-21)11-3-1-2-4-11)6-16(24)19(15)22(28,29)32-14-7-17(25)20(27)18(26)8-14/h5-8,11,13,21H,1-4,9-10H2. The fourth-order valence-corrected chi connectivity index (χ4v) is 4.21. The Kier molecular flexibility index (Phi) is 6.35. The Morgan fingerprint density at radius 2 is 1.28 bits per heavy atom. The average Bonchev–Trinajstić information content (AvgIpc) is 3.26. The third-order valence-electron chi connectivity index (χ3n) is 5.82. The summed E-state index contributed by atoms with van der Waals surface area (Å²) >= 11 is 0. The fraction of sp³-hybridized carbons (Fsp3) is 0.455. The van der Waals surface area contributed by atoms with Crippen LogP contribution in [0.15, 0.2) is 24.3 Å². The van der Waals surface area contributed by atoms with Gasteiger partial charge in [-0.25, -0.2) is 22.0 Å². The summed E-state index contributed by atoms with van der Waals surface area (Å²) in [5.41, 5.74) is -1.91. The summed E-state index contributed by atoms with van der Waals surface area (Å²) in [6, 6.07) is 1.53. The van der Waals surface area contributed by atoms with Crippen LogP contribution in [0.5, 0.6) is 5.75 Å². The van der Waals surface area contributed by atoms with E-state index in [2.05, 4.69) is 4.74 Å². The lowest BCUT2D eigenvalue weighted by molar-refractivity contribution is -0.213. The first-order valence-corrected chi connectivity index (χ1v) is 10.1. The summed E-state index contributed by atoms with van der Waals surface area (Å²) in [6.45, 7) is 0.641. The highest BCUT2D eigenvalue weighted by Crippen LogP contribution is 2.39. The molecule has 0 unspecified atom stereocenters. The van der Waals surface area contributed by atoms with Crippen molar-refractivity contribution in [2.24, 2.45) is 11.8 Å². The molecule has 174 valence electrons. The Bertz CT molecular complexity index is 937. The van der Waals surface area contributed by atoms with Crippen LogP contribution in [0.25, 0.3) is 0 Å². The van der Waals surface area contributed by atoms with Crippen molar-refractivity contribution in [2.75, 3.05) is 13.2 Å². The normalized spacial score (nSPS) is 22.3. The predicted octanol–water partition coefficient (Wildman–Crippen LogP) is 6.36. The van der Waals surface area contributed by atoms with Crippen LogP contribution in [0.1, 0.15) is 43.1 Å². The zero-order chi connectivity index (χ0) is 23.0. The van der Waals surface area contributed by atoms with Crippen molar-refractivity contribution >= 4 is 0 Å². The Balaban J connectivity index is 1.51. The molecule has 1 heterocycles. The highest BCUT2D eigenvalue weighted by atomic mass is 19.3. The van der Waals surface area contributed by atoms with E-state index in [1.807, 2.05) is 0 Å². The van der Waals surface area contributed by atoms with Crippen LogP contribution in [0.2, 0.25) is 0 Å². The number of hydrogen-bond acceptors (Lipinski definition) is 3. The van der Waals surface area contributed by atoms with E-state index in [-0.39, 0.29) is 23.6 Å². The van der Waals surface area contributed by atoms with Gasteiger partial charge in [-0.3, -0.25) is 0 Å². The molecule has 0 radical (unpaired) electrons. The van der Waals surface area contributed by atoms with Crippen LogP contribution in [0.3, 0.4) is 0 Å². The minimum Gasteiger partial charge on any atom is -0.429 e. The molecule has 4 rings (SSSR count). The second-order valence-corrected chi connectivity index (χ2v) is 7.98. The van der Waals surface area contributed by atoms with Gasteiger partial charge in [0.1, 0.15) is 22.9 Å². The lowest BCUT2D eigenvalue weighted by Gasteiger charge is -2.33.